The molecule has 7 rings (SSSR count). The highest BCUT2D eigenvalue weighted by molar-refractivity contribution is 5.98. The molecule has 0 bridgehead atoms. The van der Waals surface area contributed by atoms with Crippen molar-refractivity contribution in [2.45, 2.75) is 37.8 Å². The fourth-order valence-corrected chi connectivity index (χ4v) is 5.23. The highest BCUT2D eigenvalue weighted by Crippen LogP contribution is 2.49. The number of ether oxygens (including phenoxy) is 1. The van der Waals surface area contributed by atoms with Gasteiger partial charge in [0.05, 0.1) is 11.1 Å². The van der Waals surface area contributed by atoms with E-state index in [4.69, 9.17) is 4.74 Å². The van der Waals surface area contributed by atoms with Crippen molar-refractivity contribution < 1.29 is 9.53 Å². The summed E-state index contributed by atoms with van der Waals surface area (Å²) in [5, 5.41) is 12.1. The summed E-state index contributed by atoms with van der Waals surface area (Å²) in [4.78, 5) is 22.6. The first-order chi connectivity index (χ1) is 18.6. The molecule has 38 heavy (non-hydrogen) atoms. The van der Waals surface area contributed by atoms with Crippen LogP contribution in [0, 0.1) is 6.92 Å². The summed E-state index contributed by atoms with van der Waals surface area (Å²) in [6.45, 7) is 3.62. The van der Waals surface area contributed by atoms with Gasteiger partial charge in [-0.1, -0.05) is 12.1 Å². The quantitative estimate of drug-likeness (QED) is 0.341. The van der Waals surface area contributed by atoms with Crippen LogP contribution in [-0.2, 0) is 5.54 Å². The van der Waals surface area contributed by atoms with Gasteiger partial charge in [0.25, 0.3) is 5.91 Å². The van der Waals surface area contributed by atoms with Crippen molar-refractivity contribution >= 4 is 22.5 Å². The number of hydrogen-bond acceptors (Lipinski definition) is 6. The van der Waals surface area contributed by atoms with Crippen molar-refractivity contribution in [2.75, 3.05) is 13.2 Å². The Morgan fingerprint density at radius 3 is 2.84 bits per heavy atom. The van der Waals surface area contributed by atoms with Crippen LogP contribution in [-0.4, -0.2) is 44.7 Å². The van der Waals surface area contributed by atoms with Crippen LogP contribution in [0.1, 0.15) is 40.7 Å². The molecule has 4 heterocycles. The summed E-state index contributed by atoms with van der Waals surface area (Å²) in [5.74, 6) is 0.637. The van der Waals surface area contributed by atoms with Crippen molar-refractivity contribution in [1.82, 2.24) is 30.2 Å². The summed E-state index contributed by atoms with van der Waals surface area (Å²) < 4.78 is 7.74. The number of carbonyl (C=O) groups is 1. The molecule has 1 saturated carbocycles. The van der Waals surface area contributed by atoms with Gasteiger partial charge in [-0.3, -0.25) is 9.78 Å². The summed E-state index contributed by atoms with van der Waals surface area (Å²) >= 11 is 0. The lowest BCUT2D eigenvalue weighted by Gasteiger charge is -2.27. The van der Waals surface area contributed by atoms with Crippen LogP contribution in [0.25, 0.3) is 27.7 Å². The molecule has 8 nitrogen and oxygen atoms in total. The SMILES string of the molecule is Cc1ccc(OCC2CCN2)cc1C(=O)NC1(c2cc(-c3ccc4ncnn4c3)cc3ncccc23)CC1. The zero-order valence-corrected chi connectivity index (χ0v) is 21.1. The Morgan fingerprint density at radius 1 is 1.13 bits per heavy atom. The Balaban J connectivity index is 1.22. The number of fused-ring (bicyclic) bond motifs is 2. The van der Waals surface area contributed by atoms with Gasteiger partial charge in [-0.15, -0.1) is 0 Å². The minimum atomic E-state index is -0.440. The molecule has 2 N–H and O–H groups in total. The average molecular weight is 505 g/mol. The topological polar surface area (TPSA) is 93.4 Å². The van der Waals surface area contributed by atoms with E-state index in [1.165, 1.54) is 0 Å². The van der Waals surface area contributed by atoms with Crippen molar-refractivity contribution in [1.29, 1.82) is 0 Å². The Morgan fingerprint density at radius 2 is 2.03 bits per heavy atom. The van der Waals surface area contributed by atoms with E-state index in [-0.39, 0.29) is 5.91 Å². The Labute approximate surface area is 220 Å². The molecule has 2 fully saturated rings. The van der Waals surface area contributed by atoms with E-state index in [1.807, 2.05) is 55.7 Å². The van der Waals surface area contributed by atoms with E-state index in [2.05, 4.69) is 43.9 Å². The van der Waals surface area contributed by atoms with Crippen LogP contribution in [0.5, 0.6) is 5.75 Å². The maximum absolute atomic E-state index is 13.6. The lowest BCUT2D eigenvalue weighted by molar-refractivity contribution is 0.0930. The van der Waals surface area contributed by atoms with E-state index in [9.17, 15) is 4.79 Å². The molecule has 1 unspecified atom stereocenters. The first-order valence-corrected chi connectivity index (χ1v) is 13.1. The summed E-state index contributed by atoms with van der Waals surface area (Å²) in [6, 6.07) is 18.5. The molecule has 0 spiro atoms. The van der Waals surface area contributed by atoms with Crippen LogP contribution >= 0.6 is 0 Å². The molecular weight excluding hydrogens is 476 g/mol. The van der Waals surface area contributed by atoms with E-state index in [0.29, 0.717) is 18.2 Å². The van der Waals surface area contributed by atoms with Gasteiger partial charge in [0, 0.05) is 34.9 Å². The van der Waals surface area contributed by atoms with Crippen LogP contribution in [0.4, 0.5) is 0 Å². The van der Waals surface area contributed by atoms with Gasteiger partial charge in [0.2, 0.25) is 0 Å². The molecule has 1 aliphatic heterocycles. The van der Waals surface area contributed by atoms with Gasteiger partial charge in [-0.25, -0.2) is 9.50 Å². The highest BCUT2D eigenvalue weighted by atomic mass is 16.5. The second-order valence-corrected chi connectivity index (χ2v) is 10.3. The molecule has 2 aliphatic rings. The second kappa shape index (κ2) is 8.92. The first-order valence-electron chi connectivity index (χ1n) is 13.1. The van der Waals surface area contributed by atoms with Crippen molar-refractivity contribution in [3.63, 3.8) is 0 Å². The predicted molar refractivity (Wildman–Crippen MR) is 145 cm³/mol. The number of aryl methyl sites for hydroxylation is 1. The lowest BCUT2D eigenvalue weighted by Crippen LogP contribution is -2.46. The number of amides is 1. The predicted octanol–water partition coefficient (Wildman–Crippen LogP) is 4.41. The van der Waals surface area contributed by atoms with Crippen LogP contribution in [0.3, 0.4) is 0 Å². The third-order valence-corrected chi connectivity index (χ3v) is 7.78. The number of nitrogens with one attached hydrogen (secondary N) is 2. The third-order valence-electron chi connectivity index (χ3n) is 7.78. The largest absolute Gasteiger partial charge is 0.492 e. The van der Waals surface area contributed by atoms with Crippen LogP contribution < -0.4 is 15.4 Å². The molecule has 1 saturated heterocycles. The maximum atomic E-state index is 13.6. The van der Waals surface area contributed by atoms with Gasteiger partial charge in [0.1, 0.15) is 18.7 Å². The number of carbonyl (C=O) groups excluding carboxylic acids is 1. The normalized spacial score (nSPS) is 17.8. The molecule has 2 aromatic carbocycles. The van der Waals surface area contributed by atoms with Gasteiger partial charge in [-0.2, -0.15) is 5.10 Å². The number of benzene rings is 2. The Kier molecular flexibility index (Phi) is 5.37. The zero-order valence-electron chi connectivity index (χ0n) is 21.1. The Bertz CT molecular complexity index is 1690. The zero-order chi connectivity index (χ0) is 25.7. The molecular formula is C30H28N6O2. The maximum Gasteiger partial charge on any atom is 0.252 e. The minimum absolute atomic E-state index is 0.0845. The fourth-order valence-electron chi connectivity index (χ4n) is 5.23. The van der Waals surface area contributed by atoms with Gasteiger partial charge in [-0.05, 0) is 91.9 Å². The first kappa shape index (κ1) is 22.9. The van der Waals surface area contributed by atoms with Crippen LogP contribution in [0.2, 0.25) is 0 Å². The van der Waals surface area contributed by atoms with Gasteiger partial charge in [0.15, 0.2) is 5.65 Å². The molecule has 1 aliphatic carbocycles. The van der Waals surface area contributed by atoms with Crippen LogP contribution in [0.15, 0.2) is 73.3 Å². The minimum Gasteiger partial charge on any atom is -0.492 e. The molecule has 8 heteroatoms. The molecule has 3 aromatic heterocycles. The van der Waals surface area contributed by atoms with E-state index >= 15 is 0 Å². The molecule has 1 amide bonds. The lowest BCUT2D eigenvalue weighted by atomic mass is 9.93. The standard InChI is InChI=1S/C30H28N6O2/c1-19-4-6-23(38-17-22-8-12-31-22)15-25(19)29(37)35-30(9-10-30)26-13-21(14-27-24(26)3-2-11-32-27)20-5-7-28-33-18-34-36(28)16-20/h2-7,11,13-16,18,22,31H,8-10,12,17H2,1H3,(H,35,37). The van der Waals surface area contributed by atoms with E-state index in [1.54, 1.807) is 10.8 Å². The fraction of sp³-hybridized carbons (Fsp3) is 0.267. The van der Waals surface area contributed by atoms with Crippen molar-refractivity contribution in [3.05, 3.63) is 90.0 Å². The monoisotopic (exact) mass is 504 g/mol. The second-order valence-electron chi connectivity index (χ2n) is 10.3. The molecule has 5 aromatic rings. The van der Waals surface area contributed by atoms with Crippen molar-refractivity contribution in [2.24, 2.45) is 0 Å². The molecule has 1 atom stereocenters. The summed E-state index contributed by atoms with van der Waals surface area (Å²) in [7, 11) is 0. The summed E-state index contributed by atoms with van der Waals surface area (Å²) in [5.41, 5.74) is 5.96. The number of nitrogens with zero attached hydrogens (tertiary/aromatic N) is 4. The van der Waals surface area contributed by atoms with Gasteiger partial charge < -0.3 is 15.4 Å². The average Bonchev–Trinajstić information content (AvgIpc) is 3.53. The van der Waals surface area contributed by atoms with Gasteiger partial charge >= 0.3 is 0 Å². The number of pyridine rings is 2. The highest BCUT2D eigenvalue weighted by Gasteiger charge is 2.47. The molecule has 190 valence electrons. The van der Waals surface area contributed by atoms with E-state index < -0.39 is 5.54 Å². The number of aromatic nitrogens is 4. The van der Waals surface area contributed by atoms with Crippen molar-refractivity contribution in [3.8, 4) is 16.9 Å². The smallest absolute Gasteiger partial charge is 0.252 e. The molecule has 0 radical (unpaired) electrons. The third kappa shape index (κ3) is 4.07. The van der Waals surface area contributed by atoms with E-state index in [0.717, 1.165) is 70.4 Å². The number of rotatable bonds is 7. The Hall–Kier alpha value is -4.30. The summed E-state index contributed by atoms with van der Waals surface area (Å²) in [6.07, 6.45) is 8.20. The number of hydrogen-bond donors (Lipinski definition) is 2.